The van der Waals surface area contributed by atoms with Crippen molar-refractivity contribution in [1.82, 2.24) is 5.32 Å². The molecule has 3 atom stereocenters. The van der Waals surface area contributed by atoms with Gasteiger partial charge in [-0.1, -0.05) is 33.3 Å². The molecule has 1 aliphatic carbocycles. The quantitative estimate of drug-likeness (QED) is 0.747. The van der Waals surface area contributed by atoms with Gasteiger partial charge in [-0.05, 0) is 73.9 Å². The molecule has 0 radical (unpaired) electrons. The highest BCUT2D eigenvalue weighted by Crippen LogP contribution is 2.36. The van der Waals surface area contributed by atoms with Gasteiger partial charge >= 0.3 is 0 Å². The van der Waals surface area contributed by atoms with Gasteiger partial charge in [-0.2, -0.15) is 0 Å². The highest BCUT2D eigenvalue weighted by atomic mass is 32.1. The Morgan fingerprint density at radius 1 is 1.30 bits per heavy atom. The average molecular weight is 294 g/mol. The summed E-state index contributed by atoms with van der Waals surface area (Å²) in [6.45, 7) is 9.44. The van der Waals surface area contributed by atoms with Crippen molar-refractivity contribution >= 4 is 11.3 Å². The first-order valence-corrected chi connectivity index (χ1v) is 9.26. The third kappa shape index (κ3) is 5.21. The molecule has 114 valence electrons. The molecule has 0 bridgehead atoms. The molecule has 1 aromatic rings. The summed E-state index contributed by atoms with van der Waals surface area (Å²) in [5.74, 6) is 3.54. The smallest absolute Gasteiger partial charge is 0.00453 e. The SMILES string of the molecule is CC(C)CNCC1CCC(C)CC1CCc1cccs1. The Bertz CT molecular complexity index is 358. The predicted molar refractivity (Wildman–Crippen MR) is 90.3 cm³/mol. The number of nitrogens with one attached hydrogen (secondary N) is 1. The van der Waals surface area contributed by atoms with Crippen molar-refractivity contribution in [2.24, 2.45) is 23.7 Å². The van der Waals surface area contributed by atoms with Crippen LogP contribution in [0.4, 0.5) is 0 Å². The summed E-state index contributed by atoms with van der Waals surface area (Å²) in [6.07, 6.45) is 6.99. The van der Waals surface area contributed by atoms with Crippen LogP contribution in [0.5, 0.6) is 0 Å². The van der Waals surface area contributed by atoms with Crippen molar-refractivity contribution < 1.29 is 0 Å². The van der Waals surface area contributed by atoms with Crippen LogP contribution in [-0.2, 0) is 6.42 Å². The molecule has 0 aliphatic heterocycles. The van der Waals surface area contributed by atoms with E-state index in [1.54, 1.807) is 4.88 Å². The lowest BCUT2D eigenvalue weighted by molar-refractivity contribution is 0.174. The summed E-state index contributed by atoms with van der Waals surface area (Å²) < 4.78 is 0. The molecule has 3 unspecified atom stereocenters. The number of hydrogen-bond donors (Lipinski definition) is 1. The van der Waals surface area contributed by atoms with Gasteiger partial charge < -0.3 is 5.32 Å². The first kappa shape index (κ1) is 16.0. The molecule has 1 heterocycles. The standard InChI is InChI=1S/C18H31NS/c1-14(2)12-19-13-17-7-6-15(3)11-16(17)8-9-18-5-4-10-20-18/h4-5,10,14-17,19H,6-9,11-13H2,1-3H3. The summed E-state index contributed by atoms with van der Waals surface area (Å²) in [5, 5.41) is 5.90. The zero-order valence-electron chi connectivity index (χ0n) is 13.4. The van der Waals surface area contributed by atoms with E-state index in [1.165, 1.54) is 45.2 Å². The molecule has 0 amide bonds. The van der Waals surface area contributed by atoms with Gasteiger partial charge in [-0.3, -0.25) is 0 Å². The Hall–Kier alpha value is -0.340. The summed E-state index contributed by atoms with van der Waals surface area (Å²) in [6, 6.07) is 4.48. The van der Waals surface area contributed by atoms with Gasteiger partial charge in [0.25, 0.3) is 0 Å². The van der Waals surface area contributed by atoms with Crippen LogP contribution in [0.2, 0.25) is 0 Å². The van der Waals surface area contributed by atoms with Crippen LogP contribution < -0.4 is 5.32 Å². The normalized spacial score (nSPS) is 27.1. The van der Waals surface area contributed by atoms with Crippen molar-refractivity contribution in [2.75, 3.05) is 13.1 Å². The first-order chi connectivity index (χ1) is 9.65. The number of hydrogen-bond acceptors (Lipinski definition) is 2. The van der Waals surface area contributed by atoms with Gasteiger partial charge in [-0.25, -0.2) is 0 Å². The molecule has 0 spiro atoms. The van der Waals surface area contributed by atoms with Crippen LogP contribution in [0.1, 0.15) is 51.3 Å². The number of thiophene rings is 1. The van der Waals surface area contributed by atoms with E-state index in [4.69, 9.17) is 0 Å². The Labute approximate surface area is 129 Å². The fourth-order valence-corrected chi connectivity index (χ4v) is 4.25. The maximum atomic E-state index is 3.70. The van der Waals surface area contributed by atoms with Crippen LogP contribution >= 0.6 is 11.3 Å². The van der Waals surface area contributed by atoms with E-state index < -0.39 is 0 Å². The molecule has 0 saturated heterocycles. The lowest BCUT2D eigenvalue weighted by atomic mass is 9.72. The number of rotatable bonds is 7. The Balaban J connectivity index is 1.80. The second-order valence-electron chi connectivity index (χ2n) is 7.11. The highest BCUT2D eigenvalue weighted by Gasteiger charge is 2.28. The summed E-state index contributed by atoms with van der Waals surface area (Å²) in [5.41, 5.74) is 0. The van der Waals surface area contributed by atoms with Crippen molar-refractivity contribution in [3.8, 4) is 0 Å². The predicted octanol–water partition coefficient (Wildman–Crippen LogP) is 4.98. The fourth-order valence-electron chi connectivity index (χ4n) is 3.52. The Kier molecular flexibility index (Phi) is 6.57. The molecule has 1 aliphatic rings. The van der Waals surface area contributed by atoms with Crippen molar-refractivity contribution in [2.45, 2.75) is 52.9 Å². The lowest BCUT2D eigenvalue weighted by Gasteiger charge is -2.35. The molecule has 1 N–H and O–H groups in total. The largest absolute Gasteiger partial charge is 0.316 e. The monoisotopic (exact) mass is 293 g/mol. The molecule has 1 aromatic heterocycles. The van der Waals surface area contributed by atoms with Crippen LogP contribution in [0.3, 0.4) is 0 Å². The third-order valence-electron chi connectivity index (χ3n) is 4.70. The van der Waals surface area contributed by atoms with E-state index in [-0.39, 0.29) is 0 Å². The minimum absolute atomic E-state index is 0.766. The van der Waals surface area contributed by atoms with Crippen molar-refractivity contribution in [3.05, 3.63) is 22.4 Å². The van der Waals surface area contributed by atoms with Gasteiger partial charge in [0.2, 0.25) is 0 Å². The van der Waals surface area contributed by atoms with E-state index in [1.807, 2.05) is 11.3 Å². The van der Waals surface area contributed by atoms with Gasteiger partial charge in [0, 0.05) is 4.88 Å². The highest BCUT2D eigenvalue weighted by molar-refractivity contribution is 7.09. The van der Waals surface area contributed by atoms with E-state index in [9.17, 15) is 0 Å². The van der Waals surface area contributed by atoms with Gasteiger partial charge in [0.05, 0.1) is 0 Å². The van der Waals surface area contributed by atoms with Crippen LogP contribution in [0.15, 0.2) is 17.5 Å². The molecule has 2 rings (SSSR count). The second kappa shape index (κ2) is 8.19. The Morgan fingerprint density at radius 2 is 2.15 bits per heavy atom. The summed E-state index contributed by atoms with van der Waals surface area (Å²) >= 11 is 1.92. The number of aryl methyl sites for hydroxylation is 1. The fraction of sp³-hybridized carbons (Fsp3) is 0.778. The third-order valence-corrected chi connectivity index (χ3v) is 5.64. The van der Waals surface area contributed by atoms with Crippen molar-refractivity contribution in [3.63, 3.8) is 0 Å². The Morgan fingerprint density at radius 3 is 2.85 bits per heavy atom. The van der Waals surface area contributed by atoms with E-state index in [2.05, 4.69) is 43.6 Å². The zero-order chi connectivity index (χ0) is 14.4. The average Bonchev–Trinajstić information content (AvgIpc) is 2.91. The summed E-state index contributed by atoms with van der Waals surface area (Å²) in [7, 11) is 0. The zero-order valence-corrected chi connectivity index (χ0v) is 14.2. The molecule has 20 heavy (non-hydrogen) atoms. The maximum absolute atomic E-state index is 3.70. The minimum atomic E-state index is 0.766. The minimum Gasteiger partial charge on any atom is -0.316 e. The van der Waals surface area contributed by atoms with Crippen LogP contribution in [0, 0.1) is 23.7 Å². The molecule has 1 saturated carbocycles. The van der Waals surface area contributed by atoms with E-state index in [0.717, 1.165) is 23.7 Å². The molecule has 2 heteroatoms. The van der Waals surface area contributed by atoms with Gasteiger partial charge in [0.1, 0.15) is 0 Å². The van der Waals surface area contributed by atoms with Crippen LogP contribution in [0.25, 0.3) is 0 Å². The summed E-state index contributed by atoms with van der Waals surface area (Å²) in [4.78, 5) is 1.57. The maximum Gasteiger partial charge on any atom is 0.00453 e. The second-order valence-corrected chi connectivity index (χ2v) is 8.14. The molecule has 1 nitrogen and oxygen atoms in total. The van der Waals surface area contributed by atoms with Crippen LogP contribution in [-0.4, -0.2) is 13.1 Å². The van der Waals surface area contributed by atoms with E-state index >= 15 is 0 Å². The van der Waals surface area contributed by atoms with Gasteiger partial charge in [-0.15, -0.1) is 11.3 Å². The molecular weight excluding hydrogens is 262 g/mol. The first-order valence-electron chi connectivity index (χ1n) is 8.38. The molecule has 0 aromatic carbocycles. The van der Waals surface area contributed by atoms with Crippen molar-refractivity contribution in [1.29, 1.82) is 0 Å². The van der Waals surface area contributed by atoms with Gasteiger partial charge in [0.15, 0.2) is 0 Å². The molecule has 1 fully saturated rings. The lowest BCUT2D eigenvalue weighted by Crippen LogP contribution is -2.34. The van der Waals surface area contributed by atoms with E-state index in [0.29, 0.717) is 0 Å². The topological polar surface area (TPSA) is 12.0 Å². The molecular formula is C18H31NS.